The van der Waals surface area contributed by atoms with E-state index in [9.17, 15) is 0 Å². The van der Waals surface area contributed by atoms with E-state index in [-0.39, 0.29) is 6.29 Å². The Morgan fingerprint density at radius 3 is 2.30 bits per heavy atom. The van der Waals surface area contributed by atoms with Crippen molar-refractivity contribution in [2.45, 2.75) is 25.6 Å². The molecule has 0 aromatic heterocycles. The minimum Gasteiger partial charge on any atom is -0.353 e. The molecule has 1 aliphatic rings. The highest BCUT2D eigenvalue weighted by atomic mass is 79.9. The summed E-state index contributed by atoms with van der Waals surface area (Å²) in [4.78, 5) is 0. The van der Waals surface area contributed by atoms with Gasteiger partial charge in [0.05, 0.1) is 0 Å². The lowest BCUT2D eigenvalue weighted by Gasteiger charge is -2.12. The third-order valence-electron chi connectivity index (χ3n) is 1.49. The second-order valence-electron chi connectivity index (χ2n) is 2.36. The smallest absolute Gasteiger partial charge is 0.158 e. The number of halogens is 1. The first kappa shape index (κ1) is 8.50. The fourth-order valence-electron chi connectivity index (χ4n) is 0.938. The molecule has 0 unspecified atom stereocenters. The minimum absolute atomic E-state index is 0.0434. The van der Waals surface area contributed by atoms with Crippen LogP contribution in [0.5, 0.6) is 0 Å². The molecule has 3 heteroatoms. The molecular weight excluding hydrogens is 196 g/mol. The van der Waals surface area contributed by atoms with Crippen molar-refractivity contribution in [1.82, 2.24) is 0 Å². The summed E-state index contributed by atoms with van der Waals surface area (Å²) in [6.45, 7) is 1.72. The van der Waals surface area contributed by atoms with Crippen LogP contribution in [0.3, 0.4) is 0 Å². The van der Waals surface area contributed by atoms with Gasteiger partial charge in [-0.25, -0.2) is 0 Å². The number of rotatable bonds is 2. The van der Waals surface area contributed by atoms with Gasteiger partial charge in [-0.05, 0) is 12.8 Å². The molecular formula is C7H13BrO2. The predicted molar refractivity (Wildman–Crippen MR) is 43.3 cm³/mol. The van der Waals surface area contributed by atoms with E-state index >= 15 is 0 Å². The quantitative estimate of drug-likeness (QED) is 0.647. The van der Waals surface area contributed by atoms with Gasteiger partial charge < -0.3 is 9.47 Å². The van der Waals surface area contributed by atoms with Crippen molar-refractivity contribution in [2.75, 3.05) is 18.5 Å². The van der Waals surface area contributed by atoms with E-state index < -0.39 is 0 Å². The molecule has 0 atom stereocenters. The summed E-state index contributed by atoms with van der Waals surface area (Å²) in [5, 5.41) is 0.956. The highest BCUT2D eigenvalue weighted by Gasteiger charge is 2.10. The van der Waals surface area contributed by atoms with Crippen LogP contribution in [0.25, 0.3) is 0 Å². The van der Waals surface area contributed by atoms with Crippen molar-refractivity contribution in [2.24, 2.45) is 0 Å². The van der Waals surface area contributed by atoms with Gasteiger partial charge in [-0.15, -0.1) is 0 Å². The van der Waals surface area contributed by atoms with Crippen molar-refractivity contribution in [3.63, 3.8) is 0 Å². The van der Waals surface area contributed by atoms with Gasteiger partial charge in [0.1, 0.15) is 0 Å². The number of ether oxygens (including phenoxy) is 2. The van der Waals surface area contributed by atoms with Crippen LogP contribution in [0, 0.1) is 0 Å². The SMILES string of the molecule is BrCCC1OCCCCO1. The maximum atomic E-state index is 5.39. The van der Waals surface area contributed by atoms with E-state index in [1.165, 1.54) is 0 Å². The molecule has 1 fully saturated rings. The lowest BCUT2D eigenvalue weighted by Crippen LogP contribution is -2.15. The minimum atomic E-state index is 0.0434. The van der Waals surface area contributed by atoms with Crippen LogP contribution in [0.2, 0.25) is 0 Å². The van der Waals surface area contributed by atoms with Crippen molar-refractivity contribution in [1.29, 1.82) is 0 Å². The lowest BCUT2D eigenvalue weighted by atomic mass is 10.3. The second-order valence-corrected chi connectivity index (χ2v) is 3.15. The Morgan fingerprint density at radius 1 is 1.20 bits per heavy atom. The predicted octanol–water partition coefficient (Wildman–Crippen LogP) is 1.92. The van der Waals surface area contributed by atoms with Gasteiger partial charge in [-0.2, -0.15) is 0 Å². The van der Waals surface area contributed by atoms with Gasteiger partial charge in [0.2, 0.25) is 0 Å². The maximum absolute atomic E-state index is 5.39. The monoisotopic (exact) mass is 208 g/mol. The first-order valence-electron chi connectivity index (χ1n) is 3.72. The number of hydrogen-bond donors (Lipinski definition) is 0. The van der Waals surface area contributed by atoms with Crippen LogP contribution < -0.4 is 0 Å². The average Bonchev–Trinajstić information content (AvgIpc) is 2.17. The molecule has 0 radical (unpaired) electrons. The van der Waals surface area contributed by atoms with Crippen LogP contribution in [-0.2, 0) is 9.47 Å². The molecule has 60 valence electrons. The van der Waals surface area contributed by atoms with E-state index in [4.69, 9.17) is 9.47 Å². The van der Waals surface area contributed by atoms with Crippen LogP contribution in [0.15, 0.2) is 0 Å². The van der Waals surface area contributed by atoms with Gasteiger partial charge in [0, 0.05) is 25.0 Å². The summed E-state index contributed by atoms with van der Waals surface area (Å²) in [5.74, 6) is 0. The third kappa shape index (κ3) is 2.99. The Morgan fingerprint density at radius 2 is 1.80 bits per heavy atom. The van der Waals surface area contributed by atoms with Crippen LogP contribution >= 0.6 is 15.9 Å². The number of alkyl halides is 1. The molecule has 1 heterocycles. The Kier molecular flexibility index (Phi) is 4.34. The average molecular weight is 209 g/mol. The molecule has 1 rings (SSSR count). The summed E-state index contributed by atoms with van der Waals surface area (Å²) >= 11 is 3.35. The van der Waals surface area contributed by atoms with Crippen molar-refractivity contribution in [3.8, 4) is 0 Å². The van der Waals surface area contributed by atoms with Gasteiger partial charge in [-0.1, -0.05) is 15.9 Å². The van der Waals surface area contributed by atoms with Crippen LogP contribution in [-0.4, -0.2) is 24.8 Å². The molecule has 1 aliphatic heterocycles. The zero-order chi connectivity index (χ0) is 7.23. The standard InChI is InChI=1S/C7H13BrO2/c8-4-3-7-9-5-1-2-6-10-7/h7H,1-6H2. The fourth-order valence-corrected chi connectivity index (χ4v) is 1.31. The molecule has 0 bridgehead atoms. The van der Waals surface area contributed by atoms with E-state index in [1.807, 2.05) is 0 Å². The molecule has 1 saturated heterocycles. The molecule has 10 heavy (non-hydrogen) atoms. The zero-order valence-corrected chi connectivity index (χ0v) is 7.60. The summed E-state index contributed by atoms with van der Waals surface area (Å²) in [5.41, 5.74) is 0. The van der Waals surface area contributed by atoms with Crippen molar-refractivity contribution in [3.05, 3.63) is 0 Å². The molecule has 0 aromatic carbocycles. The first-order chi connectivity index (χ1) is 4.93. The second kappa shape index (κ2) is 5.10. The highest BCUT2D eigenvalue weighted by Crippen LogP contribution is 2.09. The Hall–Kier alpha value is 0.400. The van der Waals surface area contributed by atoms with Gasteiger partial charge >= 0.3 is 0 Å². The van der Waals surface area contributed by atoms with Gasteiger partial charge in [0.15, 0.2) is 6.29 Å². The van der Waals surface area contributed by atoms with Crippen molar-refractivity contribution < 1.29 is 9.47 Å². The van der Waals surface area contributed by atoms with Crippen LogP contribution in [0.4, 0.5) is 0 Å². The fraction of sp³-hybridized carbons (Fsp3) is 1.00. The van der Waals surface area contributed by atoms with E-state index in [1.54, 1.807) is 0 Å². The summed E-state index contributed by atoms with van der Waals surface area (Å²) < 4.78 is 10.8. The summed E-state index contributed by atoms with van der Waals surface area (Å²) in [6, 6.07) is 0. The van der Waals surface area contributed by atoms with Crippen LogP contribution in [0.1, 0.15) is 19.3 Å². The molecule has 0 spiro atoms. The molecule has 0 amide bonds. The van der Waals surface area contributed by atoms with Gasteiger partial charge in [0.25, 0.3) is 0 Å². The van der Waals surface area contributed by atoms with Gasteiger partial charge in [-0.3, -0.25) is 0 Å². The molecule has 0 saturated carbocycles. The van der Waals surface area contributed by atoms with Crippen molar-refractivity contribution >= 4 is 15.9 Å². The summed E-state index contributed by atoms with van der Waals surface area (Å²) in [6.07, 6.45) is 3.28. The Labute approximate surface area is 70.0 Å². The number of hydrogen-bond acceptors (Lipinski definition) is 2. The molecule has 2 nitrogen and oxygen atoms in total. The van der Waals surface area contributed by atoms with E-state index in [2.05, 4.69) is 15.9 Å². The Bertz CT molecular complexity index is 79.7. The maximum Gasteiger partial charge on any atom is 0.158 e. The normalized spacial score (nSPS) is 22.5. The first-order valence-corrected chi connectivity index (χ1v) is 4.85. The largest absolute Gasteiger partial charge is 0.353 e. The van der Waals surface area contributed by atoms with E-state index in [0.29, 0.717) is 0 Å². The third-order valence-corrected chi connectivity index (χ3v) is 1.95. The molecule has 0 aliphatic carbocycles. The molecule has 0 aromatic rings. The molecule has 0 N–H and O–H groups in total. The Balaban J connectivity index is 2.15. The van der Waals surface area contributed by atoms with E-state index in [0.717, 1.165) is 37.8 Å². The highest BCUT2D eigenvalue weighted by molar-refractivity contribution is 9.09. The zero-order valence-electron chi connectivity index (χ0n) is 6.01. The lowest BCUT2D eigenvalue weighted by molar-refractivity contribution is -0.126. The topological polar surface area (TPSA) is 18.5 Å². The summed E-state index contributed by atoms with van der Waals surface area (Å²) in [7, 11) is 0.